The van der Waals surface area contributed by atoms with Crippen LogP contribution in [-0.2, 0) is 10.0 Å². The van der Waals surface area contributed by atoms with E-state index in [0.717, 1.165) is 30.3 Å². The van der Waals surface area contributed by atoms with Crippen LogP contribution < -0.4 is 9.46 Å². The number of methoxy groups -OCH3 is 1. The van der Waals surface area contributed by atoms with Crippen molar-refractivity contribution < 1.29 is 26.9 Å². The van der Waals surface area contributed by atoms with Crippen LogP contribution in [0.4, 0.5) is 20.2 Å². The van der Waals surface area contributed by atoms with Crippen LogP contribution in [0.1, 0.15) is 0 Å². The van der Waals surface area contributed by atoms with Crippen LogP contribution >= 0.6 is 0 Å². The van der Waals surface area contributed by atoms with E-state index < -0.39 is 31.5 Å². The Bertz CT molecular complexity index is 871. The first-order valence-corrected chi connectivity index (χ1v) is 7.53. The summed E-state index contributed by atoms with van der Waals surface area (Å²) in [5.41, 5.74) is -0.431. The van der Waals surface area contributed by atoms with Crippen molar-refractivity contribution in [1.29, 1.82) is 0 Å². The van der Waals surface area contributed by atoms with E-state index in [4.69, 9.17) is 4.74 Å². The highest BCUT2D eigenvalue weighted by Crippen LogP contribution is 2.31. The SMILES string of the molecule is COc1cc([N+](=O)[O-])ccc1NS(=O)(=O)c1ccc(F)cc1F. The predicted molar refractivity (Wildman–Crippen MR) is 76.8 cm³/mol. The van der Waals surface area contributed by atoms with Gasteiger partial charge >= 0.3 is 0 Å². The molecule has 1 N–H and O–H groups in total. The predicted octanol–water partition coefficient (Wildman–Crippen LogP) is 2.68. The van der Waals surface area contributed by atoms with Crippen molar-refractivity contribution in [2.24, 2.45) is 0 Å². The van der Waals surface area contributed by atoms with Gasteiger partial charge in [-0.05, 0) is 18.2 Å². The third-order valence-electron chi connectivity index (χ3n) is 2.82. The summed E-state index contributed by atoms with van der Waals surface area (Å²) in [6, 6.07) is 5.17. The molecule has 2 rings (SSSR count). The number of hydrogen-bond acceptors (Lipinski definition) is 5. The number of nitro groups is 1. The van der Waals surface area contributed by atoms with Gasteiger partial charge in [0.2, 0.25) is 0 Å². The highest BCUT2D eigenvalue weighted by atomic mass is 32.2. The molecular weight excluding hydrogens is 334 g/mol. The van der Waals surface area contributed by atoms with Gasteiger partial charge in [-0.25, -0.2) is 17.2 Å². The summed E-state index contributed by atoms with van der Waals surface area (Å²) in [5, 5.41) is 10.7. The quantitative estimate of drug-likeness (QED) is 0.664. The summed E-state index contributed by atoms with van der Waals surface area (Å²) >= 11 is 0. The smallest absolute Gasteiger partial charge is 0.273 e. The fourth-order valence-corrected chi connectivity index (χ4v) is 2.90. The van der Waals surface area contributed by atoms with Crippen LogP contribution in [0.5, 0.6) is 5.75 Å². The van der Waals surface area contributed by atoms with Gasteiger partial charge in [-0.1, -0.05) is 0 Å². The lowest BCUT2D eigenvalue weighted by Crippen LogP contribution is -2.15. The Labute approximate surface area is 129 Å². The van der Waals surface area contributed by atoms with E-state index in [9.17, 15) is 27.3 Å². The van der Waals surface area contributed by atoms with Crippen LogP contribution in [0.25, 0.3) is 0 Å². The topological polar surface area (TPSA) is 98.5 Å². The van der Waals surface area contributed by atoms with E-state index in [1.54, 1.807) is 0 Å². The third kappa shape index (κ3) is 3.54. The number of halogens is 2. The minimum Gasteiger partial charge on any atom is -0.494 e. The molecule has 0 aliphatic carbocycles. The van der Waals surface area contributed by atoms with Gasteiger partial charge in [-0.15, -0.1) is 0 Å². The largest absolute Gasteiger partial charge is 0.494 e. The molecule has 122 valence electrons. The molecule has 0 aliphatic heterocycles. The normalized spacial score (nSPS) is 11.1. The second-order valence-electron chi connectivity index (χ2n) is 4.32. The Balaban J connectivity index is 2.43. The van der Waals surface area contributed by atoms with Crippen LogP contribution in [-0.4, -0.2) is 20.5 Å². The Kier molecular flexibility index (Phi) is 4.45. The highest BCUT2D eigenvalue weighted by Gasteiger charge is 2.22. The van der Waals surface area contributed by atoms with Crippen molar-refractivity contribution in [3.8, 4) is 5.75 Å². The Hall–Kier alpha value is -2.75. The molecule has 2 aromatic carbocycles. The summed E-state index contributed by atoms with van der Waals surface area (Å²) in [5.74, 6) is -2.31. The number of rotatable bonds is 5. The molecule has 0 fully saturated rings. The van der Waals surface area contributed by atoms with Crippen LogP contribution in [0.3, 0.4) is 0 Å². The molecular formula is C13H10F2N2O5S. The summed E-state index contributed by atoms with van der Waals surface area (Å²) in [6.07, 6.45) is 0. The van der Waals surface area contributed by atoms with Gasteiger partial charge < -0.3 is 4.74 Å². The molecule has 0 aliphatic rings. The van der Waals surface area contributed by atoms with Crippen molar-refractivity contribution in [3.05, 3.63) is 58.1 Å². The molecule has 0 heterocycles. The summed E-state index contributed by atoms with van der Waals surface area (Å²) in [6.45, 7) is 0. The fourth-order valence-electron chi connectivity index (χ4n) is 1.77. The van der Waals surface area contributed by atoms with E-state index in [2.05, 4.69) is 0 Å². The zero-order chi connectivity index (χ0) is 17.2. The number of sulfonamides is 1. The van der Waals surface area contributed by atoms with E-state index >= 15 is 0 Å². The standard InChI is InChI=1S/C13H10F2N2O5S/c1-22-12-7-9(17(18)19)3-4-11(12)16-23(20,21)13-5-2-8(14)6-10(13)15/h2-7,16H,1H3. The highest BCUT2D eigenvalue weighted by molar-refractivity contribution is 7.92. The lowest BCUT2D eigenvalue weighted by atomic mass is 10.2. The van der Waals surface area contributed by atoms with Gasteiger partial charge in [0.15, 0.2) is 0 Å². The zero-order valence-electron chi connectivity index (χ0n) is 11.6. The van der Waals surface area contributed by atoms with Gasteiger partial charge in [-0.3, -0.25) is 14.8 Å². The maximum absolute atomic E-state index is 13.6. The average Bonchev–Trinajstić information content (AvgIpc) is 2.46. The molecule has 0 atom stereocenters. The van der Waals surface area contributed by atoms with Crippen LogP contribution in [0.2, 0.25) is 0 Å². The van der Waals surface area contributed by atoms with E-state index in [0.29, 0.717) is 6.07 Å². The fraction of sp³-hybridized carbons (Fsp3) is 0.0769. The third-order valence-corrected chi connectivity index (χ3v) is 4.22. The molecule has 0 spiro atoms. The number of nitrogens with zero attached hydrogens (tertiary/aromatic N) is 1. The van der Waals surface area contributed by atoms with Crippen LogP contribution in [0.15, 0.2) is 41.3 Å². The molecule has 10 heteroatoms. The van der Waals surface area contributed by atoms with Crippen molar-refractivity contribution in [3.63, 3.8) is 0 Å². The molecule has 0 unspecified atom stereocenters. The molecule has 0 saturated heterocycles. The first-order valence-electron chi connectivity index (χ1n) is 6.05. The van der Waals surface area contributed by atoms with Crippen LogP contribution in [0, 0.1) is 21.7 Å². The minimum atomic E-state index is -4.37. The van der Waals surface area contributed by atoms with Crippen molar-refractivity contribution in [1.82, 2.24) is 0 Å². The van der Waals surface area contributed by atoms with Gasteiger partial charge in [-0.2, -0.15) is 0 Å². The van der Waals surface area contributed by atoms with Gasteiger partial charge in [0, 0.05) is 12.1 Å². The monoisotopic (exact) mass is 344 g/mol. The lowest BCUT2D eigenvalue weighted by Gasteiger charge is -2.12. The zero-order valence-corrected chi connectivity index (χ0v) is 12.4. The number of nitro benzene ring substituents is 1. The second kappa shape index (κ2) is 6.16. The second-order valence-corrected chi connectivity index (χ2v) is 5.97. The molecule has 0 aromatic heterocycles. The Morgan fingerprint density at radius 1 is 1.17 bits per heavy atom. The molecule has 0 radical (unpaired) electrons. The van der Waals surface area contributed by atoms with Gasteiger partial charge in [0.1, 0.15) is 22.3 Å². The minimum absolute atomic E-state index is 0.120. The maximum atomic E-state index is 13.6. The van der Waals surface area contributed by atoms with Crippen molar-refractivity contribution in [2.75, 3.05) is 11.8 Å². The molecule has 7 nitrogen and oxygen atoms in total. The number of benzene rings is 2. The number of ether oxygens (including phenoxy) is 1. The number of non-ortho nitro benzene ring substituents is 1. The molecule has 2 aromatic rings. The van der Waals surface area contributed by atoms with Crippen molar-refractivity contribution >= 4 is 21.4 Å². The number of hydrogen-bond donors (Lipinski definition) is 1. The van der Waals surface area contributed by atoms with Gasteiger partial charge in [0.05, 0.1) is 23.8 Å². The molecule has 0 saturated carbocycles. The molecule has 0 bridgehead atoms. The average molecular weight is 344 g/mol. The van der Waals surface area contributed by atoms with E-state index in [1.807, 2.05) is 4.72 Å². The first-order chi connectivity index (χ1) is 10.7. The maximum Gasteiger partial charge on any atom is 0.273 e. The van der Waals surface area contributed by atoms with E-state index in [-0.39, 0.29) is 17.1 Å². The lowest BCUT2D eigenvalue weighted by molar-refractivity contribution is -0.384. The van der Waals surface area contributed by atoms with E-state index in [1.165, 1.54) is 7.11 Å². The van der Waals surface area contributed by atoms with Crippen molar-refractivity contribution in [2.45, 2.75) is 4.90 Å². The summed E-state index contributed by atoms with van der Waals surface area (Å²) in [4.78, 5) is 9.25. The summed E-state index contributed by atoms with van der Waals surface area (Å²) in [7, 11) is -3.18. The number of nitrogens with one attached hydrogen (secondary N) is 1. The Morgan fingerprint density at radius 2 is 1.87 bits per heavy atom. The number of anilines is 1. The Morgan fingerprint density at radius 3 is 2.43 bits per heavy atom. The summed E-state index contributed by atoms with van der Waals surface area (Å²) < 4.78 is 57.7. The molecule has 0 amide bonds. The molecule has 23 heavy (non-hydrogen) atoms. The first kappa shape index (κ1) is 16.6. The van der Waals surface area contributed by atoms with Gasteiger partial charge in [0.25, 0.3) is 15.7 Å².